The lowest BCUT2D eigenvalue weighted by atomic mass is 10.1. The van der Waals surface area contributed by atoms with Gasteiger partial charge < -0.3 is 16.2 Å². The molecule has 0 saturated carbocycles. The van der Waals surface area contributed by atoms with E-state index in [0.29, 0.717) is 12.1 Å². The van der Waals surface area contributed by atoms with E-state index >= 15 is 0 Å². The van der Waals surface area contributed by atoms with Crippen LogP contribution in [0.25, 0.3) is 0 Å². The highest BCUT2D eigenvalue weighted by molar-refractivity contribution is 5.75. The van der Waals surface area contributed by atoms with Gasteiger partial charge in [0.25, 0.3) is 0 Å². The van der Waals surface area contributed by atoms with Crippen molar-refractivity contribution in [1.29, 1.82) is 0 Å². The molecular formula is C9H13N3O2. The van der Waals surface area contributed by atoms with Gasteiger partial charge in [0.2, 0.25) is 0 Å². The molecule has 0 amide bonds. The number of nitrogens with two attached hydrogens (primary N) is 2. The van der Waals surface area contributed by atoms with Crippen LogP contribution in [0.15, 0.2) is 18.5 Å². The molecule has 1 aromatic rings. The predicted octanol–water partition coefficient (Wildman–Crippen LogP) is -0.293. The number of ether oxygens (including phenoxy) is 1. The Balaban J connectivity index is 2.64. The van der Waals surface area contributed by atoms with Gasteiger partial charge in [-0.15, -0.1) is 0 Å². The summed E-state index contributed by atoms with van der Waals surface area (Å²) >= 11 is 0. The second kappa shape index (κ2) is 4.57. The van der Waals surface area contributed by atoms with E-state index in [1.807, 2.05) is 0 Å². The average Bonchev–Trinajstić information content (AvgIpc) is 2.16. The Morgan fingerprint density at radius 3 is 2.93 bits per heavy atom. The van der Waals surface area contributed by atoms with Crippen LogP contribution in [0.3, 0.4) is 0 Å². The molecule has 0 aromatic carbocycles. The van der Waals surface area contributed by atoms with E-state index in [1.165, 1.54) is 13.3 Å². The Morgan fingerprint density at radius 2 is 2.36 bits per heavy atom. The summed E-state index contributed by atoms with van der Waals surface area (Å²) in [5, 5.41) is 0. The van der Waals surface area contributed by atoms with Crippen molar-refractivity contribution >= 4 is 11.7 Å². The second-order valence-corrected chi connectivity index (χ2v) is 2.96. The predicted molar refractivity (Wildman–Crippen MR) is 52.3 cm³/mol. The Bertz CT molecular complexity index is 328. The average molecular weight is 195 g/mol. The van der Waals surface area contributed by atoms with Crippen molar-refractivity contribution in [1.82, 2.24) is 4.98 Å². The summed E-state index contributed by atoms with van der Waals surface area (Å²) < 4.78 is 4.50. The number of carbonyl (C=O) groups is 1. The topological polar surface area (TPSA) is 91.2 Å². The maximum Gasteiger partial charge on any atom is 0.322 e. The van der Waals surface area contributed by atoms with Gasteiger partial charge in [-0.1, -0.05) is 0 Å². The molecule has 76 valence electrons. The summed E-state index contributed by atoms with van der Waals surface area (Å²) in [6.07, 6.45) is 3.54. The maximum atomic E-state index is 11.0. The number of carbonyl (C=O) groups excluding carboxylic acids is 1. The molecule has 1 heterocycles. The normalized spacial score (nSPS) is 12.1. The number of anilines is 1. The zero-order chi connectivity index (χ0) is 10.6. The third kappa shape index (κ3) is 2.70. The van der Waals surface area contributed by atoms with Crippen molar-refractivity contribution in [3.05, 3.63) is 24.0 Å². The first kappa shape index (κ1) is 10.5. The van der Waals surface area contributed by atoms with Crippen LogP contribution in [-0.2, 0) is 16.0 Å². The third-order valence-electron chi connectivity index (χ3n) is 1.78. The maximum absolute atomic E-state index is 11.0. The number of esters is 1. The Hall–Kier alpha value is -1.62. The van der Waals surface area contributed by atoms with Crippen molar-refractivity contribution in [2.24, 2.45) is 5.73 Å². The minimum atomic E-state index is -0.663. The van der Waals surface area contributed by atoms with Crippen molar-refractivity contribution in [3.8, 4) is 0 Å². The number of hydrogen-bond donors (Lipinski definition) is 2. The van der Waals surface area contributed by atoms with E-state index in [9.17, 15) is 4.79 Å². The monoisotopic (exact) mass is 195 g/mol. The lowest BCUT2D eigenvalue weighted by Crippen LogP contribution is -2.33. The van der Waals surface area contributed by atoms with Gasteiger partial charge in [0.15, 0.2) is 0 Å². The second-order valence-electron chi connectivity index (χ2n) is 2.96. The molecule has 0 radical (unpaired) electrons. The van der Waals surface area contributed by atoms with E-state index in [0.717, 1.165) is 5.56 Å². The van der Waals surface area contributed by atoms with Crippen LogP contribution in [0.5, 0.6) is 0 Å². The molecule has 0 bridgehead atoms. The van der Waals surface area contributed by atoms with Gasteiger partial charge in [-0.05, 0) is 18.1 Å². The molecule has 5 heteroatoms. The molecule has 1 rings (SSSR count). The largest absolute Gasteiger partial charge is 0.468 e. The van der Waals surface area contributed by atoms with Crippen LogP contribution in [0, 0.1) is 0 Å². The molecule has 0 saturated heterocycles. The number of pyridine rings is 1. The van der Waals surface area contributed by atoms with Crippen molar-refractivity contribution in [3.63, 3.8) is 0 Å². The Kier molecular flexibility index (Phi) is 3.41. The number of rotatable bonds is 3. The summed E-state index contributed by atoms with van der Waals surface area (Å²) in [6.45, 7) is 0. The molecular weight excluding hydrogens is 182 g/mol. The van der Waals surface area contributed by atoms with Gasteiger partial charge in [0.1, 0.15) is 6.04 Å². The minimum Gasteiger partial charge on any atom is -0.468 e. The van der Waals surface area contributed by atoms with Crippen LogP contribution in [0.4, 0.5) is 5.69 Å². The van der Waals surface area contributed by atoms with Crippen LogP contribution in [-0.4, -0.2) is 24.1 Å². The molecule has 4 N–H and O–H groups in total. The van der Waals surface area contributed by atoms with E-state index in [4.69, 9.17) is 11.5 Å². The van der Waals surface area contributed by atoms with Crippen LogP contribution >= 0.6 is 0 Å². The summed E-state index contributed by atoms with van der Waals surface area (Å²) in [7, 11) is 1.31. The highest BCUT2D eigenvalue weighted by Crippen LogP contribution is 2.06. The Labute approximate surface area is 82.1 Å². The first-order valence-corrected chi connectivity index (χ1v) is 4.16. The molecule has 0 aliphatic carbocycles. The fourth-order valence-electron chi connectivity index (χ4n) is 1.11. The van der Waals surface area contributed by atoms with Gasteiger partial charge in [0.05, 0.1) is 12.8 Å². The van der Waals surface area contributed by atoms with E-state index < -0.39 is 12.0 Å². The van der Waals surface area contributed by atoms with Crippen molar-refractivity contribution in [2.75, 3.05) is 12.8 Å². The fourth-order valence-corrected chi connectivity index (χ4v) is 1.11. The standard InChI is InChI=1S/C9H13N3O2/c1-14-9(13)8(11)3-6-2-7(10)5-12-4-6/h2,4-5,8H,3,10-11H2,1H3/t8-/m0/s1. The SMILES string of the molecule is COC(=O)[C@@H](N)Cc1cncc(N)c1. The molecule has 0 spiro atoms. The first-order chi connectivity index (χ1) is 6.63. The summed E-state index contributed by atoms with van der Waals surface area (Å²) in [5.74, 6) is -0.438. The molecule has 1 aromatic heterocycles. The molecule has 0 aliphatic rings. The van der Waals surface area contributed by atoms with Crippen LogP contribution in [0.2, 0.25) is 0 Å². The van der Waals surface area contributed by atoms with Gasteiger partial charge >= 0.3 is 5.97 Å². The highest BCUT2D eigenvalue weighted by atomic mass is 16.5. The number of nitrogens with zero attached hydrogens (tertiary/aromatic N) is 1. The quantitative estimate of drug-likeness (QED) is 0.646. The van der Waals surface area contributed by atoms with Crippen LogP contribution < -0.4 is 11.5 Å². The van der Waals surface area contributed by atoms with Gasteiger partial charge in [-0.25, -0.2) is 0 Å². The zero-order valence-corrected chi connectivity index (χ0v) is 7.93. The number of hydrogen-bond acceptors (Lipinski definition) is 5. The lowest BCUT2D eigenvalue weighted by Gasteiger charge is -2.08. The number of nitrogen functional groups attached to an aromatic ring is 1. The van der Waals surface area contributed by atoms with Gasteiger partial charge in [-0.2, -0.15) is 0 Å². The molecule has 5 nitrogen and oxygen atoms in total. The zero-order valence-electron chi connectivity index (χ0n) is 7.93. The molecule has 14 heavy (non-hydrogen) atoms. The minimum absolute atomic E-state index is 0.380. The van der Waals surface area contributed by atoms with Crippen LogP contribution in [0.1, 0.15) is 5.56 Å². The van der Waals surface area contributed by atoms with E-state index in [-0.39, 0.29) is 0 Å². The summed E-state index contributed by atoms with van der Waals surface area (Å²) in [4.78, 5) is 14.9. The van der Waals surface area contributed by atoms with Crippen molar-refractivity contribution in [2.45, 2.75) is 12.5 Å². The van der Waals surface area contributed by atoms with E-state index in [2.05, 4.69) is 9.72 Å². The van der Waals surface area contributed by atoms with Gasteiger partial charge in [-0.3, -0.25) is 9.78 Å². The lowest BCUT2D eigenvalue weighted by molar-refractivity contribution is -0.142. The third-order valence-corrected chi connectivity index (χ3v) is 1.78. The first-order valence-electron chi connectivity index (χ1n) is 4.16. The highest BCUT2D eigenvalue weighted by Gasteiger charge is 2.14. The molecule has 0 fully saturated rings. The molecule has 0 aliphatic heterocycles. The number of aromatic nitrogens is 1. The summed E-state index contributed by atoms with van der Waals surface area (Å²) in [5.41, 5.74) is 12.5. The molecule has 1 atom stereocenters. The van der Waals surface area contributed by atoms with E-state index in [1.54, 1.807) is 12.3 Å². The summed E-state index contributed by atoms with van der Waals surface area (Å²) in [6, 6.07) is 1.07. The number of methoxy groups -OCH3 is 1. The fraction of sp³-hybridized carbons (Fsp3) is 0.333. The smallest absolute Gasteiger partial charge is 0.322 e. The molecule has 0 unspecified atom stereocenters. The van der Waals surface area contributed by atoms with Crippen molar-refractivity contribution < 1.29 is 9.53 Å². The van der Waals surface area contributed by atoms with Gasteiger partial charge in [0, 0.05) is 12.4 Å². The Morgan fingerprint density at radius 1 is 1.64 bits per heavy atom.